The van der Waals surface area contributed by atoms with Crippen LogP contribution in [0.1, 0.15) is 89.3 Å². The maximum absolute atomic E-state index is 14.1. The average Bonchev–Trinajstić information content (AvgIpc) is 2.92. The number of carbonyl (C=O) groups is 2. The molecule has 0 bridgehead atoms. The van der Waals surface area contributed by atoms with E-state index in [0.29, 0.717) is 30.8 Å². The van der Waals surface area contributed by atoms with E-state index < -0.39 is 5.92 Å². The van der Waals surface area contributed by atoms with Crippen LogP contribution in [0.5, 0.6) is 11.5 Å². The molecule has 43 heavy (non-hydrogen) atoms. The number of hydrogen-bond acceptors (Lipinski definition) is 5. The molecule has 0 aromatic heterocycles. The van der Waals surface area contributed by atoms with Crippen LogP contribution in [0, 0.1) is 16.6 Å². The van der Waals surface area contributed by atoms with Crippen molar-refractivity contribution in [2.45, 2.75) is 85.7 Å². The first-order valence-corrected chi connectivity index (χ1v) is 15.4. The first-order valence-electron chi connectivity index (χ1n) is 15.4. The van der Waals surface area contributed by atoms with E-state index in [-0.39, 0.29) is 34.8 Å². The molecule has 0 unspecified atom stereocenters. The van der Waals surface area contributed by atoms with Crippen molar-refractivity contribution in [2.24, 2.45) is 10.8 Å². The highest BCUT2D eigenvalue weighted by Gasteiger charge is 2.49. The summed E-state index contributed by atoms with van der Waals surface area (Å²) in [6.07, 6.45) is 5.69. The van der Waals surface area contributed by atoms with Gasteiger partial charge in [-0.05, 0) is 65.8 Å². The molecule has 5 rings (SSSR count). The normalized spacial score (nSPS) is 19.7. The molecular weight excluding hydrogens is 541 g/mol. The predicted octanol–water partition coefficient (Wildman–Crippen LogP) is 8.24. The van der Waals surface area contributed by atoms with Crippen LogP contribution >= 0.6 is 0 Å². The summed E-state index contributed by atoms with van der Waals surface area (Å²) in [6, 6.07) is 10.2. The van der Waals surface area contributed by atoms with Crippen molar-refractivity contribution in [2.75, 3.05) is 13.7 Å². The van der Waals surface area contributed by atoms with Gasteiger partial charge < -0.3 is 14.4 Å². The molecule has 1 heterocycles. The maximum atomic E-state index is 14.1. The topological polar surface area (TPSA) is 55.8 Å². The molecule has 0 spiro atoms. The number of hydrogen-bond donors (Lipinski definition) is 0. The Bertz CT molecular complexity index is 1460. The number of ketones is 2. The molecular formula is C37H44FNO4. The number of carbonyl (C=O) groups excluding carboxylic acids is 2. The second-order valence-electron chi connectivity index (χ2n) is 13.8. The van der Waals surface area contributed by atoms with E-state index in [1.165, 1.54) is 12.1 Å². The molecule has 2 aromatic rings. The second-order valence-corrected chi connectivity index (χ2v) is 13.8. The number of methoxy groups -OCH3 is 1. The standard InChI is InChI=1S/C37H44FNO4/c1-8-10-24-16-25(17-31(42-7)35(24)43-22-23-11-13-26(38)14-12-23)32-33-27(18-36(3,4)20-29(33)40)39(15-9-2)28-19-37(5,6)21-30(41)34(28)32/h8,11-14,16-17,32H,1,9-10,15,18-22H2,2-7H3. The van der Waals surface area contributed by atoms with Crippen molar-refractivity contribution in [1.29, 1.82) is 0 Å². The number of Topliss-reactive ketones (excluding diaryl/α,β-unsaturated/α-hetero) is 2. The molecule has 2 aliphatic carbocycles. The summed E-state index contributed by atoms with van der Waals surface area (Å²) < 4.78 is 25.6. The van der Waals surface area contributed by atoms with E-state index in [1.54, 1.807) is 19.2 Å². The number of ether oxygens (including phenoxy) is 2. The third-order valence-electron chi connectivity index (χ3n) is 8.84. The predicted molar refractivity (Wildman–Crippen MR) is 167 cm³/mol. The summed E-state index contributed by atoms with van der Waals surface area (Å²) in [4.78, 5) is 30.5. The van der Waals surface area contributed by atoms with Gasteiger partial charge in [-0.1, -0.05) is 58.9 Å². The van der Waals surface area contributed by atoms with Gasteiger partial charge in [-0.3, -0.25) is 9.59 Å². The van der Waals surface area contributed by atoms with E-state index in [2.05, 4.69) is 52.2 Å². The van der Waals surface area contributed by atoms with E-state index in [9.17, 15) is 14.0 Å². The molecule has 3 aliphatic rings. The van der Waals surface area contributed by atoms with Gasteiger partial charge >= 0.3 is 0 Å². The van der Waals surface area contributed by atoms with Gasteiger partial charge in [-0.25, -0.2) is 4.39 Å². The van der Waals surface area contributed by atoms with Crippen molar-refractivity contribution in [3.63, 3.8) is 0 Å². The van der Waals surface area contributed by atoms with Crippen LogP contribution in [0.25, 0.3) is 0 Å². The Morgan fingerprint density at radius 3 is 2.05 bits per heavy atom. The highest BCUT2D eigenvalue weighted by molar-refractivity contribution is 6.06. The summed E-state index contributed by atoms with van der Waals surface area (Å²) in [6.45, 7) is 15.8. The Labute approximate surface area is 255 Å². The monoisotopic (exact) mass is 585 g/mol. The van der Waals surface area contributed by atoms with E-state index >= 15 is 0 Å². The molecule has 228 valence electrons. The lowest BCUT2D eigenvalue weighted by Crippen LogP contribution is -2.44. The fourth-order valence-corrected chi connectivity index (χ4v) is 7.08. The lowest BCUT2D eigenvalue weighted by molar-refractivity contribution is -0.119. The van der Waals surface area contributed by atoms with Gasteiger partial charge in [0.1, 0.15) is 12.4 Å². The zero-order valence-electron chi connectivity index (χ0n) is 26.4. The van der Waals surface area contributed by atoms with Crippen LogP contribution in [0.4, 0.5) is 4.39 Å². The lowest BCUT2D eigenvalue weighted by atomic mass is 9.63. The van der Waals surface area contributed by atoms with E-state index in [0.717, 1.165) is 65.0 Å². The van der Waals surface area contributed by atoms with E-state index in [4.69, 9.17) is 9.47 Å². The molecule has 0 saturated heterocycles. The zero-order valence-corrected chi connectivity index (χ0v) is 26.4. The first kappa shape index (κ1) is 30.8. The highest BCUT2D eigenvalue weighted by atomic mass is 19.1. The molecule has 0 amide bonds. The van der Waals surface area contributed by atoms with Crippen molar-refractivity contribution in [1.82, 2.24) is 4.90 Å². The largest absolute Gasteiger partial charge is 0.493 e. The van der Waals surface area contributed by atoms with Crippen molar-refractivity contribution >= 4 is 11.6 Å². The van der Waals surface area contributed by atoms with Crippen LogP contribution in [-0.2, 0) is 22.6 Å². The van der Waals surface area contributed by atoms with Gasteiger partial charge in [-0.2, -0.15) is 0 Å². The number of nitrogens with zero attached hydrogens (tertiary/aromatic N) is 1. The first-order chi connectivity index (χ1) is 20.4. The Balaban J connectivity index is 1.69. The van der Waals surface area contributed by atoms with Gasteiger partial charge in [0.05, 0.1) is 7.11 Å². The highest BCUT2D eigenvalue weighted by Crippen LogP contribution is 2.55. The minimum atomic E-state index is -0.464. The Hall–Kier alpha value is -3.67. The SMILES string of the molecule is C=CCc1cc(C2C3=C(CC(C)(C)CC3=O)N(CCC)C3=C2C(=O)CC(C)(C)C3)cc(OC)c1OCc1ccc(F)cc1. The third kappa shape index (κ3) is 6.07. The van der Waals surface area contributed by atoms with Crippen LogP contribution in [-0.4, -0.2) is 30.1 Å². The Morgan fingerprint density at radius 1 is 0.953 bits per heavy atom. The number of allylic oxidation sites excluding steroid dienone is 5. The van der Waals surface area contributed by atoms with E-state index in [1.807, 2.05) is 12.1 Å². The molecule has 6 heteroatoms. The minimum absolute atomic E-state index is 0.113. The number of halogens is 1. The molecule has 0 fully saturated rings. The molecule has 2 aromatic carbocycles. The minimum Gasteiger partial charge on any atom is -0.493 e. The van der Waals surface area contributed by atoms with Gasteiger partial charge in [0.15, 0.2) is 23.1 Å². The molecule has 0 radical (unpaired) electrons. The molecule has 0 saturated carbocycles. The average molecular weight is 586 g/mol. The third-order valence-corrected chi connectivity index (χ3v) is 8.84. The summed E-state index contributed by atoms with van der Waals surface area (Å²) in [5.74, 6) is 0.573. The zero-order chi connectivity index (χ0) is 31.1. The summed E-state index contributed by atoms with van der Waals surface area (Å²) in [7, 11) is 1.60. The van der Waals surface area contributed by atoms with Crippen LogP contribution in [0.15, 0.2) is 71.6 Å². The van der Waals surface area contributed by atoms with Gasteiger partial charge in [0.2, 0.25) is 0 Å². The summed E-state index contributed by atoms with van der Waals surface area (Å²) in [5, 5.41) is 0. The van der Waals surface area contributed by atoms with Crippen LogP contribution in [0.3, 0.4) is 0 Å². The lowest BCUT2D eigenvalue weighted by Gasteiger charge is -2.49. The second kappa shape index (κ2) is 11.8. The fraction of sp³-hybridized carbons (Fsp3) is 0.459. The van der Waals surface area contributed by atoms with Gasteiger partial charge in [0, 0.05) is 53.4 Å². The maximum Gasteiger partial charge on any atom is 0.165 e. The van der Waals surface area contributed by atoms with Gasteiger partial charge in [-0.15, -0.1) is 6.58 Å². The molecule has 1 aliphatic heterocycles. The van der Waals surface area contributed by atoms with Crippen LogP contribution in [0.2, 0.25) is 0 Å². The molecule has 5 nitrogen and oxygen atoms in total. The Morgan fingerprint density at radius 2 is 1.53 bits per heavy atom. The molecule has 0 atom stereocenters. The van der Waals surface area contributed by atoms with Crippen LogP contribution < -0.4 is 9.47 Å². The Kier molecular flexibility index (Phi) is 8.43. The smallest absolute Gasteiger partial charge is 0.165 e. The molecule has 0 N–H and O–H groups in total. The quantitative estimate of drug-likeness (QED) is 0.278. The number of rotatable bonds is 9. The van der Waals surface area contributed by atoms with Crippen molar-refractivity contribution < 1.29 is 23.5 Å². The van der Waals surface area contributed by atoms with Crippen molar-refractivity contribution in [3.8, 4) is 11.5 Å². The summed E-state index contributed by atoms with van der Waals surface area (Å²) in [5.41, 5.74) is 5.87. The fourth-order valence-electron chi connectivity index (χ4n) is 7.08. The number of benzene rings is 2. The summed E-state index contributed by atoms with van der Waals surface area (Å²) >= 11 is 0. The van der Waals surface area contributed by atoms with Crippen molar-refractivity contribution in [3.05, 3.63) is 94.1 Å². The van der Waals surface area contributed by atoms with Gasteiger partial charge in [0.25, 0.3) is 0 Å².